The number of hydrogen-bond acceptors (Lipinski definition) is 6. The van der Waals surface area contributed by atoms with Gasteiger partial charge in [-0.2, -0.15) is 5.10 Å². The van der Waals surface area contributed by atoms with Crippen molar-refractivity contribution in [3.63, 3.8) is 0 Å². The Morgan fingerprint density at radius 1 is 0.902 bits per heavy atom. The molecule has 2 N–H and O–H groups in total. The highest BCUT2D eigenvalue weighted by Crippen LogP contribution is 2.29. The van der Waals surface area contributed by atoms with Crippen LogP contribution in [0.3, 0.4) is 0 Å². The van der Waals surface area contributed by atoms with E-state index in [-0.39, 0.29) is 11.4 Å². The number of nitrogens with zero attached hydrogens (tertiary/aromatic N) is 1. The van der Waals surface area contributed by atoms with E-state index in [2.05, 4.69) is 29.7 Å². The Balaban J connectivity index is 1.69. The summed E-state index contributed by atoms with van der Waals surface area (Å²) in [5.74, 6) is 0.928. The Kier molecular flexibility index (Phi) is 12.3. The molecule has 0 fully saturated rings. The van der Waals surface area contributed by atoms with Crippen LogP contribution >= 0.6 is 23.2 Å². The second-order valence-corrected chi connectivity index (χ2v) is 10.5. The second kappa shape index (κ2) is 15.9. The number of carbonyl (C=O) groups is 2. The zero-order valence-electron chi connectivity index (χ0n) is 23.5. The Hall–Kier alpha value is -3.75. The molecule has 8 nitrogen and oxygen atoms in total. The van der Waals surface area contributed by atoms with Gasteiger partial charge in [-0.3, -0.25) is 9.59 Å². The number of ether oxygens (including phenoxy) is 3. The minimum absolute atomic E-state index is 0.249. The van der Waals surface area contributed by atoms with Crippen molar-refractivity contribution in [3.8, 4) is 17.2 Å². The summed E-state index contributed by atoms with van der Waals surface area (Å²) in [4.78, 5) is 26.2. The zero-order chi connectivity index (χ0) is 29.8. The van der Waals surface area contributed by atoms with Crippen molar-refractivity contribution in [3.05, 3.63) is 87.9 Å². The summed E-state index contributed by atoms with van der Waals surface area (Å²) in [5, 5.41) is 7.60. The number of benzene rings is 3. The SMILES string of the molecule is CCOc1cc(/C=N\NC(=O)[C@@H](Cc2ccccc2)NC(=O)[C@@H](C)Oc2ccc(Cl)cc2Cl)ccc1OCC(C)C. The summed E-state index contributed by atoms with van der Waals surface area (Å²) >= 11 is 12.1. The molecule has 0 aliphatic rings. The lowest BCUT2D eigenvalue weighted by Crippen LogP contribution is -2.50. The normalized spacial score (nSPS) is 12.6. The Morgan fingerprint density at radius 2 is 1.63 bits per heavy atom. The highest BCUT2D eigenvalue weighted by molar-refractivity contribution is 6.35. The van der Waals surface area contributed by atoms with Gasteiger partial charge in [-0.1, -0.05) is 67.4 Å². The largest absolute Gasteiger partial charge is 0.490 e. The van der Waals surface area contributed by atoms with E-state index in [1.54, 1.807) is 25.1 Å². The Labute approximate surface area is 251 Å². The molecule has 0 aliphatic carbocycles. The van der Waals surface area contributed by atoms with Gasteiger partial charge in [0, 0.05) is 11.4 Å². The van der Waals surface area contributed by atoms with Crippen molar-refractivity contribution in [2.24, 2.45) is 11.0 Å². The van der Waals surface area contributed by atoms with E-state index in [1.165, 1.54) is 12.3 Å². The molecule has 2 atom stereocenters. The summed E-state index contributed by atoms with van der Waals surface area (Å²) in [6.07, 6.45) is 0.817. The van der Waals surface area contributed by atoms with Crippen LogP contribution in [-0.2, 0) is 16.0 Å². The molecule has 0 bridgehead atoms. The second-order valence-electron chi connectivity index (χ2n) is 9.66. The number of hydrazone groups is 1. The quantitative estimate of drug-likeness (QED) is 0.173. The summed E-state index contributed by atoms with van der Waals surface area (Å²) in [7, 11) is 0. The van der Waals surface area contributed by atoms with Crippen LogP contribution in [0.5, 0.6) is 17.2 Å². The van der Waals surface area contributed by atoms with Gasteiger partial charge in [0.15, 0.2) is 17.6 Å². The molecule has 0 aromatic heterocycles. The topological polar surface area (TPSA) is 98.2 Å². The molecule has 0 unspecified atom stereocenters. The van der Waals surface area contributed by atoms with Gasteiger partial charge in [0.2, 0.25) is 0 Å². The monoisotopic (exact) mass is 599 g/mol. The zero-order valence-corrected chi connectivity index (χ0v) is 25.0. The molecule has 0 aliphatic heterocycles. The number of amides is 2. The molecule has 3 aromatic rings. The summed E-state index contributed by atoms with van der Waals surface area (Å²) in [6, 6.07) is 18.6. The molecule has 218 valence electrons. The molecule has 2 amide bonds. The molecular formula is C31H35Cl2N3O5. The third kappa shape index (κ3) is 10.3. The first kappa shape index (κ1) is 31.8. The maximum Gasteiger partial charge on any atom is 0.262 e. The molecular weight excluding hydrogens is 565 g/mol. The summed E-state index contributed by atoms with van der Waals surface area (Å²) in [5.41, 5.74) is 4.10. The molecule has 3 rings (SSSR count). The van der Waals surface area contributed by atoms with Gasteiger partial charge in [0.1, 0.15) is 11.8 Å². The Morgan fingerprint density at radius 3 is 2.32 bits per heavy atom. The third-order valence-electron chi connectivity index (χ3n) is 5.71. The predicted molar refractivity (Wildman–Crippen MR) is 162 cm³/mol. The fourth-order valence-corrected chi connectivity index (χ4v) is 4.11. The lowest BCUT2D eigenvalue weighted by atomic mass is 10.1. The predicted octanol–water partition coefficient (Wildman–Crippen LogP) is 6.07. The van der Waals surface area contributed by atoms with Crippen molar-refractivity contribution < 1.29 is 23.8 Å². The first-order valence-electron chi connectivity index (χ1n) is 13.3. The van der Waals surface area contributed by atoms with Crippen molar-refractivity contribution in [1.82, 2.24) is 10.7 Å². The van der Waals surface area contributed by atoms with Gasteiger partial charge < -0.3 is 19.5 Å². The van der Waals surface area contributed by atoms with Crippen LogP contribution in [-0.4, -0.2) is 43.4 Å². The number of carbonyl (C=O) groups excluding carboxylic acids is 2. The van der Waals surface area contributed by atoms with Gasteiger partial charge in [0.25, 0.3) is 11.8 Å². The van der Waals surface area contributed by atoms with Crippen molar-refractivity contribution >= 4 is 41.2 Å². The molecule has 0 saturated heterocycles. The van der Waals surface area contributed by atoms with E-state index >= 15 is 0 Å². The van der Waals surface area contributed by atoms with Crippen LogP contribution in [0, 0.1) is 5.92 Å². The van der Waals surface area contributed by atoms with E-state index in [9.17, 15) is 9.59 Å². The maximum atomic E-state index is 13.2. The fourth-order valence-electron chi connectivity index (χ4n) is 3.66. The fraction of sp³-hybridized carbons (Fsp3) is 0.323. The van der Waals surface area contributed by atoms with Crippen molar-refractivity contribution in [2.45, 2.75) is 46.3 Å². The first-order valence-corrected chi connectivity index (χ1v) is 14.1. The minimum Gasteiger partial charge on any atom is -0.490 e. The average molecular weight is 601 g/mol. The maximum absolute atomic E-state index is 13.2. The minimum atomic E-state index is -0.934. The standard InChI is InChI=1S/C31H35Cl2N3O5/c1-5-39-29-16-23(11-13-28(29)40-19-20(2)3)18-34-36-31(38)26(15-22-9-7-6-8-10-22)35-30(37)21(4)41-27-14-12-24(32)17-25(27)33/h6-14,16-18,20-21,26H,5,15,19H2,1-4H3,(H,35,37)(H,36,38)/b34-18-/t21-,26-/m1/s1. The number of halogens is 2. The smallest absolute Gasteiger partial charge is 0.262 e. The van der Waals surface area contributed by atoms with E-state index in [4.69, 9.17) is 37.4 Å². The van der Waals surface area contributed by atoms with Gasteiger partial charge in [-0.05, 0) is 67.3 Å². The number of hydrogen-bond donors (Lipinski definition) is 2. The summed E-state index contributed by atoms with van der Waals surface area (Å²) < 4.78 is 17.3. The average Bonchev–Trinajstić information content (AvgIpc) is 2.94. The molecule has 0 spiro atoms. The molecule has 3 aromatic carbocycles. The number of nitrogens with one attached hydrogen (secondary N) is 2. The highest BCUT2D eigenvalue weighted by atomic mass is 35.5. The van der Waals surface area contributed by atoms with E-state index in [1.807, 2.05) is 49.4 Å². The third-order valence-corrected chi connectivity index (χ3v) is 6.24. The molecule has 0 heterocycles. The van der Waals surface area contributed by atoms with Gasteiger partial charge in [-0.15, -0.1) is 0 Å². The van der Waals surface area contributed by atoms with E-state index in [0.29, 0.717) is 47.0 Å². The molecule has 0 radical (unpaired) electrons. The van der Waals surface area contributed by atoms with E-state index in [0.717, 1.165) is 5.56 Å². The van der Waals surface area contributed by atoms with E-state index < -0.39 is 24.0 Å². The van der Waals surface area contributed by atoms with Crippen LogP contribution in [0.4, 0.5) is 0 Å². The molecule has 10 heteroatoms. The van der Waals surface area contributed by atoms with Crippen LogP contribution in [0.2, 0.25) is 10.0 Å². The van der Waals surface area contributed by atoms with Gasteiger partial charge >= 0.3 is 0 Å². The van der Waals surface area contributed by atoms with Crippen molar-refractivity contribution in [2.75, 3.05) is 13.2 Å². The van der Waals surface area contributed by atoms with Gasteiger partial charge in [0.05, 0.1) is 24.5 Å². The van der Waals surface area contributed by atoms with Crippen LogP contribution < -0.4 is 25.0 Å². The van der Waals surface area contributed by atoms with Crippen LogP contribution in [0.25, 0.3) is 0 Å². The Bertz CT molecular complexity index is 1330. The summed E-state index contributed by atoms with van der Waals surface area (Å²) in [6.45, 7) is 8.64. The lowest BCUT2D eigenvalue weighted by Gasteiger charge is -2.21. The molecule has 41 heavy (non-hydrogen) atoms. The van der Waals surface area contributed by atoms with Gasteiger partial charge in [-0.25, -0.2) is 5.43 Å². The van der Waals surface area contributed by atoms with Crippen LogP contribution in [0.15, 0.2) is 71.8 Å². The highest BCUT2D eigenvalue weighted by Gasteiger charge is 2.25. The lowest BCUT2D eigenvalue weighted by molar-refractivity contribution is -0.132. The number of rotatable bonds is 14. The first-order chi connectivity index (χ1) is 19.7. The molecule has 0 saturated carbocycles. The van der Waals surface area contributed by atoms with Crippen molar-refractivity contribution in [1.29, 1.82) is 0 Å². The van der Waals surface area contributed by atoms with Crippen LogP contribution in [0.1, 0.15) is 38.8 Å².